The molecule has 2 aromatic rings. The van der Waals surface area contributed by atoms with Gasteiger partial charge in [-0.1, -0.05) is 31.2 Å². The first kappa shape index (κ1) is 19.4. The number of nitrogens with zero attached hydrogens (tertiary/aromatic N) is 1. The second kappa shape index (κ2) is 10.2. The summed E-state index contributed by atoms with van der Waals surface area (Å²) in [7, 11) is 1.70. The van der Waals surface area contributed by atoms with Crippen molar-refractivity contribution in [3.8, 4) is 0 Å². The average molecular weight is 356 g/mol. The molecule has 0 saturated carbocycles. The van der Waals surface area contributed by atoms with Crippen LogP contribution in [0.25, 0.3) is 0 Å². The Kier molecular flexibility index (Phi) is 7.61. The van der Waals surface area contributed by atoms with Crippen LogP contribution in [0.4, 0.5) is 10.1 Å². The molecule has 0 spiro atoms. The van der Waals surface area contributed by atoms with Gasteiger partial charge in [-0.2, -0.15) is 0 Å². The van der Waals surface area contributed by atoms with E-state index >= 15 is 0 Å². The highest BCUT2D eigenvalue weighted by molar-refractivity contribution is 5.90. The third-order valence-electron chi connectivity index (χ3n) is 3.77. The molecule has 2 aromatic carbocycles. The lowest BCUT2D eigenvalue weighted by atomic mass is 10.2. The van der Waals surface area contributed by atoms with Crippen molar-refractivity contribution in [1.29, 1.82) is 0 Å². The fourth-order valence-corrected chi connectivity index (χ4v) is 2.35. The summed E-state index contributed by atoms with van der Waals surface area (Å²) in [5.74, 6) is 0.448. The van der Waals surface area contributed by atoms with E-state index in [1.165, 1.54) is 12.1 Å². The molecule has 0 bridgehead atoms. The van der Waals surface area contributed by atoms with Crippen molar-refractivity contribution < 1.29 is 9.18 Å². The van der Waals surface area contributed by atoms with Crippen LogP contribution in [-0.2, 0) is 17.9 Å². The summed E-state index contributed by atoms with van der Waals surface area (Å²) in [6.07, 6.45) is 1.36. The number of rotatable bonds is 7. The van der Waals surface area contributed by atoms with Gasteiger partial charge in [0.2, 0.25) is 5.91 Å². The number of benzene rings is 2. The number of anilines is 1. The van der Waals surface area contributed by atoms with Crippen LogP contribution in [0, 0.1) is 5.82 Å². The molecule has 0 aromatic heterocycles. The summed E-state index contributed by atoms with van der Waals surface area (Å²) in [5, 5.41) is 9.28. The van der Waals surface area contributed by atoms with E-state index in [4.69, 9.17) is 0 Å². The molecule has 0 aliphatic rings. The van der Waals surface area contributed by atoms with Crippen molar-refractivity contribution in [2.45, 2.75) is 32.9 Å². The quantitative estimate of drug-likeness (QED) is 0.526. The topological polar surface area (TPSA) is 65.5 Å². The first-order valence-electron chi connectivity index (χ1n) is 8.68. The fraction of sp³-hybridized carbons (Fsp3) is 0.300. The summed E-state index contributed by atoms with van der Waals surface area (Å²) in [6, 6.07) is 14.0. The summed E-state index contributed by atoms with van der Waals surface area (Å²) >= 11 is 0. The van der Waals surface area contributed by atoms with Crippen LogP contribution in [0.3, 0.4) is 0 Å². The molecule has 2 rings (SSSR count). The number of carbonyl (C=O) groups excluding carboxylic acids is 1. The van der Waals surface area contributed by atoms with Gasteiger partial charge in [0.1, 0.15) is 5.82 Å². The Morgan fingerprint density at radius 2 is 1.50 bits per heavy atom. The van der Waals surface area contributed by atoms with Gasteiger partial charge < -0.3 is 16.0 Å². The molecule has 6 heteroatoms. The maximum Gasteiger partial charge on any atom is 0.224 e. The minimum absolute atomic E-state index is 0.0313. The predicted molar refractivity (Wildman–Crippen MR) is 103 cm³/mol. The molecule has 0 heterocycles. The third-order valence-corrected chi connectivity index (χ3v) is 3.77. The van der Waals surface area contributed by atoms with Gasteiger partial charge in [0.15, 0.2) is 5.96 Å². The van der Waals surface area contributed by atoms with Gasteiger partial charge in [0.25, 0.3) is 0 Å². The lowest BCUT2D eigenvalue weighted by Gasteiger charge is -2.12. The number of amides is 1. The Morgan fingerprint density at radius 3 is 2.00 bits per heavy atom. The largest absolute Gasteiger partial charge is 0.352 e. The normalized spacial score (nSPS) is 11.1. The van der Waals surface area contributed by atoms with E-state index in [1.54, 1.807) is 19.2 Å². The maximum absolute atomic E-state index is 12.9. The average Bonchev–Trinajstić information content (AvgIpc) is 2.65. The van der Waals surface area contributed by atoms with E-state index in [0.717, 1.165) is 23.2 Å². The van der Waals surface area contributed by atoms with Crippen LogP contribution >= 0.6 is 0 Å². The molecule has 0 saturated heterocycles. The number of halogens is 1. The number of nitrogens with one attached hydrogen (secondary N) is 3. The van der Waals surface area contributed by atoms with Crippen LogP contribution in [0.15, 0.2) is 53.5 Å². The van der Waals surface area contributed by atoms with Crippen molar-refractivity contribution >= 4 is 17.6 Å². The van der Waals surface area contributed by atoms with Crippen molar-refractivity contribution in [1.82, 2.24) is 10.6 Å². The van der Waals surface area contributed by atoms with Crippen LogP contribution < -0.4 is 16.0 Å². The molecule has 0 radical (unpaired) electrons. The number of hydrogen-bond acceptors (Lipinski definition) is 2. The lowest BCUT2D eigenvalue weighted by molar-refractivity contribution is -0.116. The second-order valence-electron chi connectivity index (χ2n) is 5.90. The Hall–Kier alpha value is -2.89. The molecule has 5 nitrogen and oxygen atoms in total. The number of guanidine groups is 1. The molecule has 0 aliphatic heterocycles. The summed E-state index contributed by atoms with van der Waals surface area (Å²) < 4.78 is 12.9. The van der Waals surface area contributed by atoms with Gasteiger partial charge in [0.05, 0.1) is 0 Å². The van der Waals surface area contributed by atoms with Gasteiger partial charge in [-0.05, 0) is 41.8 Å². The van der Waals surface area contributed by atoms with E-state index in [9.17, 15) is 9.18 Å². The Labute approximate surface area is 153 Å². The van der Waals surface area contributed by atoms with E-state index in [0.29, 0.717) is 25.5 Å². The monoisotopic (exact) mass is 356 g/mol. The van der Waals surface area contributed by atoms with Crippen molar-refractivity contribution in [2.75, 3.05) is 12.4 Å². The molecule has 0 atom stereocenters. The van der Waals surface area contributed by atoms with Crippen LogP contribution in [-0.4, -0.2) is 18.9 Å². The molecule has 0 unspecified atom stereocenters. The predicted octanol–water partition coefficient (Wildman–Crippen LogP) is 3.43. The number of hydrogen-bond donors (Lipinski definition) is 3. The molecule has 26 heavy (non-hydrogen) atoms. The molecule has 0 aliphatic carbocycles. The highest BCUT2D eigenvalue weighted by atomic mass is 19.1. The molecular weight excluding hydrogens is 331 g/mol. The summed E-state index contributed by atoms with van der Waals surface area (Å²) in [4.78, 5) is 15.8. The fourth-order valence-electron chi connectivity index (χ4n) is 2.35. The van der Waals surface area contributed by atoms with Crippen LogP contribution in [0.1, 0.15) is 30.9 Å². The minimum atomic E-state index is -0.245. The maximum atomic E-state index is 12.9. The van der Waals surface area contributed by atoms with Crippen LogP contribution in [0.5, 0.6) is 0 Å². The SMILES string of the molecule is CCCC(=O)Nc1ccc(CNC(=NC)NCc2ccc(F)cc2)cc1. The smallest absolute Gasteiger partial charge is 0.224 e. The summed E-state index contributed by atoms with van der Waals surface area (Å²) in [5.41, 5.74) is 2.84. The number of carbonyl (C=O) groups is 1. The van der Waals surface area contributed by atoms with Crippen molar-refractivity contribution in [3.05, 3.63) is 65.5 Å². The van der Waals surface area contributed by atoms with E-state index in [2.05, 4.69) is 20.9 Å². The molecule has 3 N–H and O–H groups in total. The molecule has 138 valence electrons. The Morgan fingerprint density at radius 1 is 0.962 bits per heavy atom. The van der Waals surface area contributed by atoms with Gasteiger partial charge in [-0.25, -0.2) is 4.39 Å². The summed E-state index contributed by atoms with van der Waals surface area (Å²) in [6.45, 7) is 3.14. The zero-order valence-corrected chi connectivity index (χ0v) is 15.2. The first-order valence-corrected chi connectivity index (χ1v) is 8.68. The molecular formula is C20H25FN4O. The van der Waals surface area contributed by atoms with E-state index in [1.807, 2.05) is 31.2 Å². The second-order valence-corrected chi connectivity index (χ2v) is 5.90. The first-order chi connectivity index (χ1) is 12.6. The van der Waals surface area contributed by atoms with Crippen LogP contribution in [0.2, 0.25) is 0 Å². The molecule has 0 fully saturated rings. The van der Waals surface area contributed by atoms with Gasteiger partial charge in [-0.3, -0.25) is 9.79 Å². The highest BCUT2D eigenvalue weighted by Gasteiger charge is 2.02. The van der Waals surface area contributed by atoms with Gasteiger partial charge in [0, 0.05) is 32.2 Å². The zero-order chi connectivity index (χ0) is 18.8. The Balaban J connectivity index is 1.80. The third kappa shape index (κ3) is 6.55. The van der Waals surface area contributed by atoms with E-state index in [-0.39, 0.29) is 11.7 Å². The van der Waals surface area contributed by atoms with Crippen molar-refractivity contribution in [3.63, 3.8) is 0 Å². The lowest BCUT2D eigenvalue weighted by Crippen LogP contribution is -2.36. The van der Waals surface area contributed by atoms with E-state index < -0.39 is 0 Å². The number of aliphatic imine (C=N–C) groups is 1. The van der Waals surface area contributed by atoms with Gasteiger partial charge >= 0.3 is 0 Å². The Bertz CT molecular complexity index is 726. The van der Waals surface area contributed by atoms with Crippen molar-refractivity contribution in [2.24, 2.45) is 4.99 Å². The standard InChI is InChI=1S/C20H25FN4O/c1-3-4-19(26)25-18-11-7-16(8-12-18)14-24-20(22-2)23-13-15-5-9-17(21)10-6-15/h5-12H,3-4,13-14H2,1-2H3,(H,25,26)(H2,22,23,24). The highest BCUT2D eigenvalue weighted by Crippen LogP contribution is 2.10. The zero-order valence-electron chi connectivity index (χ0n) is 15.2. The molecule has 1 amide bonds. The van der Waals surface area contributed by atoms with Gasteiger partial charge in [-0.15, -0.1) is 0 Å². The minimum Gasteiger partial charge on any atom is -0.352 e.